The van der Waals surface area contributed by atoms with Gasteiger partial charge in [0.25, 0.3) is 0 Å². The molecule has 0 aliphatic carbocycles. The van der Waals surface area contributed by atoms with Crippen molar-refractivity contribution in [2.75, 3.05) is 13.1 Å². The lowest BCUT2D eigenvalue weighted by atomic mass is 9.90. The summed E-state index contributed by atoms with van der Waals surface area (Å²) in [6.07, 6.45) is 0.854. The van der Waals surface area contributed by atoms with Crippen molar-refractivity contribution in [2.45, 2.75) is 46.1 Å². The van der Waals surface area contributed by atoms with Crippen LogP contribution in [-0.2, 0) is 9.53 Å². The van der Waals surface area contributed by atoms with Gasteiger partial charge in [0.2, 0.25) is 0 Å². The molecule has 0 spiro atoms. The molecule has 1 rings (SSSR count). The van der Waals surface area contributed by atoms with Crippen LogP contribution in [0.4, 0.5) is 4.79 Å². The largest absolute Gasteiger partial charge is 0.481 e. The van der Waals surface area contributed by atoms with Crippen molar-refractivity contribution in [1.29, 1.82) is 0 Å². The summed E-state index contributed by atoms with van der Waals surface area (Å²) < 4.78 is 5.30. The van der Waals surface area contributed by atoms with Crippen LogP contribution in [0, 0.1) is 11.8 Å². The zero-order valence-corrected chi connectivity index (χ0v) is 11.6. The van der Waals surface area contributed by atoms with Crippen molar-refractivity contribution in [3.05, 3.63) is 0 Å². The number of carbonyl (C=O) groups is 2. The smallest absolute Gasteiger partial charge is 0.410 e. The second kappa shape index (κ2) is 5.59. The number of nitrogens with zero attached hydrogens (tertiary/aromatic N) is 1. The quantitative estimate of drug-likeness (QED) is 0.783. The first-order chi connectivity index (χ1) is 8.20. The molecule has 1 aliphatic heterocycles. The summed E-state index contributed by atoms with van der Waals surface area (Å²) in [7, 11) is 0. The molecule has 1 fully saturated rings. The maximum absolute atomic E-state index is 11.9. The molecule has 0 radical (unpaired) electrons. The lowest BCUT2D eigenvalue weighted by Crippen LogP contribution is -2.37. The Hall–Kier alpha value is -1.26. The first-order valence-corrected chi connectivity index (χ1v) is 6.41. The summed E-state index contributed by atoms with van der Waals surface area (Å²) in [5.74, 6) is -1.04. The molecule has 2 atom stereocenters. The van der Waals surface area contributed by atoms with Crippen LogP contribution in [0.3, 0.4) is 0 Å². The lowest BCUT2D eigenvalue weighted by molar-refractivity contribution is -0.143. The predicted octanol–water partition coefficient (Wildman–Crippen LogP) is 2.35. The molecule has 0 aromatic heterocycles. The first-order valence-electron chi connectivity index (χ1n) is 6.41. The first kappa shape index (κ1) is 14.8. The van der Waals surface area contributed by atoms with Crippen LogP contribution >= 0.6 is 0 Å². The highest BCUT2D eigenvalue weighted by molar-refractivity contribution is 5.71. The van der Waals surface area contributed by atoms with Crippen LogP contribution in [0.15, 0.2) is 0 Å². The normalized spacial score (nSPS) is 25.4. The van der Waals surface area contributed by atoms with Crippen molar-refractivity contribution in [2.24, 2.45) is 11.8 Å². The predicted molar refractivity (Wildman–Crippen MR) is 67.3 cm³/mol. The molecule has 2 unspecified atom stereocenters. The second-order valence-electron chi connectivity index (χ2n) is 5.97. The Labute approximate surface area is 108 Å². The number of likely N-dealkylation sites (tertiary alicyclic amines) is 1. The Balaban J connectivity index is 2.61. The van der Waals surface area contributed by atoms with Gasteiger partial charge < -0.3 is 14.7 Å². The summed E-state index contributed by atoms with van der Waals surface area (Å²) in [5, 5.41) is 9.11. The monoisotopic (exact) mass is 257 g/mol. The van der Waals surface area contributed by atoms with E-state index in [-0.39, 0.29) is 17.9 Å². The Morgan fingerprint density at radius 2 is 1.78 bits per heavy atom. The Kier molecular flexibility index (Phi) is 4.59. The van der Waals surface area contributed by atoms with Crippen LogP contribution in [0.1, 0.15) is 40.5 Å². The van der Waals surface area contributed by atoms with E-state index in [2.05, 4.69) is 0 Å². The third-order valence-corrected chi connectivity index (χ3v) is 3.22. The molecule has 1 N–H and O–H groups in total. The van der Waals surface area contributed by atoms with Crippen LogP contribution in [0.2, 0.25) is 0 Å². The standard InChI is InChI=1S/C13H23NO4/c1-9-5-7-14(8-6-10(9)11(15)16)12(17)18-13(2,3)4/h9-10H,5-8H2,1-4H3,(H,15,16). The number of rotatable bonds is 1. The SMILES string of the molecule is CC1CCN(C(=O)OC(C)(C)C)CCC1C(=O)O. The van der Waals surface area contributed by atoms with Crippen LogP contribution < -0.4 is 0 Å². The molecule has 1 heterocycles. The van der Waals surface area contributed by atoms with Crippen molar-refractivity contribution in [1.82, 2.24) is 4.90 Å². The Bertz CT molecular complexity index is 321. The number of ether oxygens (including phenoxy) is 1. The van der Waals surface area contributed by atoms with Gasteiger partial charge in [0.1, 0.15) is 5.60 Å². The summed E-state index contributed by atoms with van der Waals surface area (Å²) in [4.78, 5) is 24.6. The fourth-order valence-corrected chi connectivity index (χ4v) is 2.13. The number of carbonyl (C=O) groups excluding carboxylic acids is 1. The highest BCUT2D eigenvalue weighted by Gasteiger charge is 2.31. The van der Waals surface area contributed by atoms with Crippen molar-refractivity contribution >= 4 is 12.1 Å². The molecule has 5 nitrogen and oxygen atoms in total. The van der Waals surface area contributed by atoms with E-state index in [0.29, 0.717) is 25.9 Å². The van der Waals surface area contributed by atoms with Gasteiger partial charge in [-0.05, 0) is 39.5 Å². The van der Waals surface area contributed by atoms with Gasteiger partial charge in [-0.2, -0.15) is 0 Å². The number of hydrogen-bond acceptors (Lipinski definition) is 3. The van der Waals surface area contributed by atoms with Gasteiger partial charge in [0, 0.05) is 13.1 Å². The molecule has 1 saturated heterocycles. The van der Waals surface area contributed by atoms with E-state index in [1.54, 1.807) is 4.90 Å². The summed E-state index contributed by atoms with van der Waals surface area (Å²) in [6, 6.07) is 0. The van der Waals surface area contributed by atoms with E-state index < -0.39 is 11.6 Å². The number of amides is 1. The van der Waals surface area contributed by atoms with Gasteiger partial charge in [-0.3, -0.25) is 4.79 Å². The van der Waals surface area contributed by atoms with E-state index in [4.69, 9.17) is 9.84 Å². The third kappa shape index (κ3) is 4.20. The minimum absolute atomic E-state index is 0.0925. The van der Waals surface area contributed by atoms with E-state index in [1.807, 2.05) is 27.7 Å². The molecule has 0 bridgehead atoms. The maximum Gasteiger partial charge on any atom is 0.410 e. The third-order valence-electron chi connectivity index (χ3n) is 3.22. The fourth-order valence-electron chi connectivity index (χ4n) is 2.13. The topological polar surface area (TPSA) is 66.8 Å². The molecule has 1 aliphatic rings. The number of carboxylic acid groups (broad SMARTS) is 1. The molecular weight excluding hydrogens is 234 g/mol. The fraction of sp³-hybridized carbons (Fsp3) is 0.846. The highest BCUT2D eigenvalue weighted by atomic mass is 16.6. The average molecular weight is 257 g/mol. The van der Waals surface area contributed by atoms with E-state index in [1.165, 1.54) is 0 Å². The van der Waals surface area contributed by atoms with Crippen molar-refractivity contribution in [3.8, 4) is 0 Å². The molecule has 1 amide bonds. The van der Waals surface area contributed by atoms with Gasteiger partial charge in [-0.15, -0.1) is 0 Å². The molecule has 0 aromatic carbocycles. The minimum Gasteiger partial charge on any atom is -0.481 e. The molecular formula is C13H23NO4. The van der Waals surface area contributed by atoms with Gasteiger partial charge in [-0.25, -0.2) is 4.79 Å². The van der Waals surface area contributed by atoms with Gasteiger partial charge >= 0.3 is 12.1 Å². The van der Waals surface area contributed by atoms with E-state index >= 15 is 0 Å². The summed E-state index contributed by atoms with van der Waals surface area (Å²) in [5.41, 5.74) is -0.513. The van der Waals surface area contributed by atoms with Crippen LogP contribution in [0.5, 0.6) is 0 Å². The molecule has 0 aromatic rings. The second-order valence-corrected chi connectivity index (χ2v) is 5.97. The lowest BCUT2D eigenvalue weighted by Gasteiger charge is -2.26. The summed E-state index contributed by atoms with van der Waals surface area (Å²) in [6.45, 7) is 8.43. The molecule has 5 heteroatoms. The van der Waals surface area contributed by atoms with Crippen molar-refractivity contribution < 1.29 is 19.4 Å². The maximum atomic E-state index is 11.9. The van der Waals surface area contributed by atoms with Gasteiger partial charge in [0.15, 0.2) is 0 Å². The zero-order valence-electron chi connectivity index (χ0n) is 11.6. The Morgan fingerprint density at radius 1 is 1.22 bits per heavy atom. The molecule has 18 heavy (non-hydrogen) atoms. The van der Waals surface area contributed by atoms with Gasteiger partial charge in [0.05, 0.1) is 5.92 Å². The molecule has 0 saturated carbocycles. The number of hydrogen-bond donors (Lipinski definition) is 1. The van der Waals surface area contributed by atoms with Gasteiger partial charge in [-0.1, -0.05) is 6.92 Å². The van der Waals surface area contributed by atoms with Crippen LogP contribution in [-0.4, -0.2) is 40.8 Å². The van der Waals surface area contributed by atoms with E-state index in [9.17, 15) is 9.59 Å². The van der Waals surface area contributed by atoms with Crippen LogP contribution in [0.25, 0.3) is 0 Å². The number of carboxylic acids is 1. The zero-order chi connectivity index (χ0) is 13.9. The highest BCUT2D eigenvalue weighted by Crippen LogP contribution is 2.25. The molecule has 104 valence electrons. The Morgan fingerprint density at radius 3 is 2.28 bits per heavy atom. The average Bonchev–Trinajstić information content (AvgIpc) is 2.37. The minimum atomic E-state index is -0.770. The summed E-state index contributed by atoms with van der Waals surface area (Å²) >= 11 is 0. The van der Waals surface area contributed by atoms with E-state index in [0.717, 1.165) is 0 Å². The number of aliphatic carboxylic acids is 1. The van der Waals surface area contributed by atoms with Crippen molar-refractivity contribution in [3.63, 3.8) is 0 Å².